The zero-order chi connectivity index (χ0) is 23.7. The molecule has 0 unspecified atom stereocenters. The standard InChI is InChI=1S/C23H21F3N6O2/c1-33-19-3-2-15(13-17(19)24)23(25,26)21-31-30-20-12-14(5-9-32(20)21)18-4-8-27-22(29-18)28-16-6-10-34-11-7-16/h2-5,8-9,12-13,16H,6-7,10-11H2,1H3,(H,27,28,29). The second-order valence-corrected chi connectivity index (χ2v) is 7.89. The number of fused-ring (bicyclic) bond motifs is 1. The molecule has 1 aliphatic rings. The average Bonchev–Trinajstić information content (AvgIpc) is 3.29. The van der Waals surface area contributed by atoms with Crippen LogP contribution in [0.3, 0.4) is 0 Å². The molecule has 34 heavy (non-hydrogen) atoms. The molecule has 0 bridgehead atoms. The SMILES string of the molecule is COc1ccc(C(F)(F)c2nnc3cc(-c4ccnc(NC5CCOCC5)n4)ccn23)cc1F. The lowest BCUT2D eigenvalue weighted by Crippen LogP contribution is -2.28. The van der Waals surface area contributed by atoms with Gasteiger partial charge < -0.3 is 14.8 Å². The number of rotatable bonds is 6. The third-order valence-corrected chi connectivity index (χ3v) is 5.71. The molecule has 0 radical (unpaired) electrons. The molecule has 5 rings (SSSR count). The first kappa shape index (κ1) is 22.1. The fourth-order valence-electron chi connectivity index (χ4n) is 3.87. The summed E-state index contributed by atoms with van der Waals surface area (Å²) in [6.45, 7) is 1.38. The molecular formula is C23H21F3N6O2. The number of alkyl halides is 2. The van der Waals surface area contributed by atoms with E-state index < -0.39 is 23.1 Å². The number of hydrogen-bond acceptors (Lipinski definition) is 7. The summed E-state index contributed by atoms with van der Waals surface area (Å²) >= 11 is 0. The van der Waals surface area contributed by atoms with Gasteiger partial charge in [0, 0.05) is 42.8 Å². The Kier molecular flexibility index (Phi) is 5.78. The number of benzene rings is 1. The number of hydrogen-bond donors (Lipinski definition) is 1. The minimum absolute atomic E-state index is 0.120. The first-order valence-corrected chi connectivity index (χ1v) is 10.7. The smallest absolute Gasteiger partial charge is 0.332 e. The van der Waals surface area contributed by atoms with E-state index in [1.165, 1.54) is 17.7 Å². The average molecular weight is 470 g/mol. The van der Waals surface area contributed by atoms with E-state index in [4.69, 9.17) is 9.47 Å². The van der Waals surface area contributed by atoms with Crippen molar-refractivity contribution in [3.05, 3.63) is 66.0 Å². The van der Waals surface area contributed by atoms with E-state index in [1.807, 2.05) is 0 Å². The maximum absolute atomic E-state index is 15.2. The van der Waals surface area contributed by atoms with Crippen molar-refractivity contribution < 1.29 is 22.6 Å². The molecule has 11 heteroatoms. The number of aromatic nitrogens is 5. The Hall–Kier alpha value is -3.73. The quantitative estimate of drug-likeness (QED) is 0.455. The number of halogens is 3. The van der Waals surface area contributed by atoms with Crippen molar-refractivity contribution in [1.29, 1.82) is 0 Å². The zero-order valence-electron chi connectivity index (χ0n) is 18.2. The Morgan fingerprint density at radius 1 is 1.12 bits per heavy atom. The highest BCUT2D eigenvalue weighted by Crippen LogP contribution is 2.36. The summed E-state index contributed by atoms with van der Waals surface area (Å²) in [5, 5.41) is 10.9. The Morgan fingerprint density at radius 3 is 2.71 bits per heavy atom. The van der Waals surface area contributed by atoms with Crippen molar-refractivity contribution in [2.75, 3.05) is 25.6 Å². The molecule has 0 spiro atoms. The van der Waals surface area contributed by atoms with Crippen LogP contribution < -0.4 is 10.1 Å². The van der Waals surface area contributed by atoms with Gasteiger partial charge >= 0.3 is 5.92 Å². The Bertz CT molecular complexity index is 1320. The van der Waals surface area contributed by atoms with Gasteiger partial charge in [-0.2, -0.15) is 8.78 Å². The van der Waals surface area contributed by atoms with E-state index in [0.717, 1.165) is 31.0 Å². The molecule has 0 saturated carbocycles. The van der Waals surface area contributed by atoms with Crippen LogP contribution in [0, 0.1) is 5.82 Å². The van der Waals surface area contributed by atoms with Crippen molar-refractivity contribution in [2.24, 2.45) is 0 Å². The van der Waals surface area contributed by atoms with Crippen molar-refractivity contribution >= 4 is 11.6 Å². The molecular weight excluding hydrogens is 449 g/mol. The summed E-state index contributed by atoms with van der Waals surface area (Å²) in [5.41, 5.74) is 0.936. The van der Waals surface area contributed by atoms with Crippen LogP contribution in [-0.2, 0) is 10.7 Å². The van der Waals surface area contributed by atoms with E-state index in [1.54, 1.807) is 24.4 Å². The molecule has 1 N–H and O–H groups in total. The van der Waals surface area contributed by atoms with Gasteiger partial charge in [-0.25, -0.2) is 14.4 Å². The Morgan fingerprint density at radius 2 is 1.94 bits per heavy atom. The molecule has 8 nitrogen and oxygen atoms in total. The second-order valence-electron chi connectivity index (χ2n) is 7.89. The molecule has 0 amide bonds. The molecule has 1 saturated heterocycles. The lowest BCUT2D eigenvalue weighted by molar-refractivity contribution is 0.0313. The summed E-state index contributed by atoms with van der Waals surface area (Å²) < 4.78 is 55.8. The molecule has 0 atom stereocenters. The number of nitrogens with zero attached hydrogens (tertiary/aromatic N) is 5. The number of nitrogens with one attached hydrogen (secondary N) is 1. The van der Waals surface area contributed by atoms with Crippen LogP contribution in [0.15, 0.2) is 48.8 Å². The van der Waals surface area contributed by atoms with Crippen LogP contribution in [0.1, 0.15) is 24.2 Å². The molecule has 4 aromatic rings. The number of ether oxygens (including phenoxy) is 2. The van der Waals surface area contributed by atoms with Crippen molar-refractivity contribution in [3.63, 3.8) is 0 Å². The highest BCUT2D eigenvalue weighted by atomic mass is 19.3. The fraction of sp³-hybridized carbons (Fsp3) is 0.304. The van der Waals surface area contributed by atoms with Crippen LogP contribution in [-0.4, -0.2) is 50.9 Å². The summed E-state index contributed by atoms with van der Waals surface area (Å²) in [5.74, 6) is -4.72. The third kappa shape index (κ3) is 4.14. The maximum Gasteiger partial charge on any atom is 0.332 e. The van der Waals surface area contributed by atoms with E-state index in [9.17, 15) is 4.39 Å². The summed E-state index contributed by atoms with van der Waals surface area (Å²) in [6.07, 6.45) is 4.82. The molecule has 1 aliphatic heterocycles. The largest absolute Gasteiger partial charge is 0.494 e. The summed E-state index contributed by atoms with van der Waals surface area (Å²) in [7, 11) is 1.27. The predicted octanol–water partition coefficient (Wildman–Crippen LogP) is 4.07. The number of anilines is 1. The molecule has 1 fully saturated rings. The maximum atomic E-state index is 15.2. The van der Waals surface area contributed by atoms with Gasteiger partial charge in [0.25, 0.3) is 0 Å². The number of pyridine rings is 1. The van der Waals surface area contributed by atoms with Gasteiger partial charge in [-0.3, -0.25) is 4.40 Å². The van der Waals surface area contributed by atoms with Gasteiger partial charge in [0.2, 0.25) is 11.8 Å². The van der Waals surface area contributed by atoms with E-state index in [2.05, 4.69) is 25.5 Å². The molecule has 3 aromatic heterocycles. The minimum Gasteiger partial charge on any atom is -0.494 e. The van der Waals surface area contributed by atoms with E-state index in [0.29, 0.717) is 30.4 Å². The molecule has 0 aliphatic carbocycles. The highest BCUT2D eigenvalue weighted by Gasteiger charge is 2.40. The van der Waals surface area contributed by atoms with Gasteiger partial charge in [-0.1, -0.05) is 0 Å². The highest BCUT2D eigenvalue weighted by molar-refractivity contribution is 5.64. The third-order valence-electron chi connectivity index (χ3n) is 5.71. The van der Waals surface area contributed by atoms with Crippen LogP contribution in [0.4, 0.5) is 19.1 Å². The monoisotopic (exact) mass is 470 g/mol. The second kappa shape index (κ2) is 8.90. The van der Waals surface area contributed by atoms with Gasteiger partial charge in [-0.15, -0.1) is 10.2 Å². The van der Waals surface area contributed by atoms with Gasteiger partial charge in [0.15, 0.2) is 17.2 Å². The number of methoxy groups -OCH3 is 1. The molecule has 1 aromatic carbocycles. The Labute approximate surface area is 192 Å². The topological polar surface area (TPSA) is 86.5 Å². The van der Waals surface area contributed by atoms with E-state index in [-0.39, 0.29) is 17.4 Å². The van der Waals surface area contributed by atoms with Crippen LogP contribution in [0.2, 0.25) is 0 Å². The zero-order valence-corrected chi connectivity index (χ0v) is 18.2. The van der Waals surface area contributed by atoms with Crippen molar-refractivity contribution in [1.82, 2.24) is 24.6 Å². The van der Waals surface area contributed by atoms with Crippen molar-refractivity contribution in [2.45, 2.75) is 24.8 Å². The van der Waals surface area contributed by atoms with Crippen molar-refractivity contribution in [3.8, 4) is 17.0 Å². The first-order chi connectivity index (χ1) is 16.5. The fourth-order valence-corrected chi connectivity index (χ4v) is 3.87. The van der Waals surface area contributed by atoms with Crippen LogP contribution >= 0.6 is 0 Å². The molecule has 176 valence electrons. The van der Waals surface area contributed by atoms with E-state index >= 15 is 8.78 Å². The lowest BCUT2D eigenvalue weighted by Gasteiger charge is -2.23. The van der Waals surface area contributed by atoms with Crippen LogP contribution in [0.5, 0.6) is 5.75 Å². The van der Waals surface area contributed by atoms with Gasteiger partial charge in [0.1, 0.15) is 0 Å². The van der Waals surface area contributed by atoms with Crippen LogP contribution in [0.25, 0.3) is 16.9 Å². The molecule has 4 heterocycles. The normalized spacial score (nSPS) is 14.9. The lowest BCUT2D eigenvalue weighted by atomic mass is 10.1. The Balaban J connectivity index is 1.44. The van der Waals surface area contributed by atoms with Gasteiger partial charge in [0.05, 0.1) is 12.8 Å². The van der Waals surface area contributed by atoms with Gasteiger partial charge in [-0.05, 0) is 49.2 Å². The predicted molar refractivity (Wildman–Crippen MR) is 117 cm³/mol. The first-order valence-electron chi connectivity index (χ1n) is 10.7. The summed E-state index contributed by atoms with van der Waals surface area (Å²) in [4.78, 5) is 8.83. The minimum atomic E-state index is -3.58. The summed E-state index contributed by atoms with van der Waals surface area (Å²) in [6, 6.07) is 8.21.